The van der Waals surface area contributed by atoms with E-state index in [1.165, 1.54) is 16.7 Å². The molecule has 106 valence electrons. The van der Waals surface area contributed by atoms with Crippen LogP contribution in [-0.2, 0) is 6.42 Å². The maximum Gasteiger partial charge on any atom is -0.00973 e. The Bertz CT molecular complexity index is 571. The highest BCUT2D eigenvalue weighted by Crippen LogP contribution is 2.13. The molecule has 2 aromatic rings. The summed E-state index contributed by atoms with van der Waals surface area (Å²) < 4.78 is 0. The van der Waals surface area contributed by atoms with Gasteiger partial charge in [-0.2, -0.15) is 0 Å². The third-order valence-corrected chi connectivity index (χ3v) is 3.15. The highest BCUT2D eigenvalue weighted by molar-refractivity contribution is 5.63. The molecule has 0 unspecified atom stereocenters. The highest BCUT2D eigenvalue weighted by Gasteiger charge is 1.91. The molecule has 0 saturated heterocycles. The van der Waals surface area contributed by atoms with Crippen molar-refractivity contribution in [2.45, 2.75) is 19.8 Å². The van der Waals surface area contributed by atoms with Gasteiger partial charge in [0.2, 0.25) is 0 Å². The molecule has 21 heavy (non-hydrogen) atoms. The van der Waals surface area contributed by atoms with Gasteiger partial charge in [-0.3, -0.25) is 0 Å². The lowest BCUT2D eigenvalue weighted by Gasteiger charge is -1.99. The first kappa shape index (κ1) is 16.5. The topological polar surface area (TPSA) is 0 Å². The van der Waals surface area contributed by atoms with Crippen LogP contribution in [0.15, 0.2) is 78.9 Å². The van der Waals surface area contributed by atoms with Crippen LogP contribution in [0, 0.1) is 12.8 Å². The van der Waals surface area contributed by atoms with E-state index in [0.717, 1.165) is 12.8 Å². The normalized spacial score (nSPS) is 10.9. The van der Waals surface area contributed by atoms with Crippen LogP contribution in [0.3, 0.4) is 0 Å². The van der Waals surface area contributed by atoms with E-state index < -0.39 is 0 Å². The molecule has 0 aliphatic carbocycles. The molecule has 2 rings (SSSR count). The molecule has 0 heteroatoms. The standard InChI is InChI=1S/C19H20.C2H2/c1-17(19-15-9-4-10-16-19)11-5-2-6-12-18-13-7-3-8-14-18;1-2/h2-4,6-11,13-16H,5,12H2,1H3;1-2H/b6-2-,17-11+;. The largest absolute Gasteiger partial charge is 0.124 e. The van der Waals surface area contributed by atoms with Gasteiger partial charge in [-0.1, -0.05) is 78.9 Å². The first-order chi connectivity index (χ1) is 10.4. The Morgan fingerprint density at radius 1 is 0.857 bits per heavy atom. The molecule has 0 atom stereocenters. The van der Waals surface area contributed by atoms with Gasteiger partial charge < -0.3 is 0 Å². The summed E-state index contributed by atoms with van der Waals surface area (Å²) in [4.78, 5) is 0. The molecule has 0 heterocycles. The smallest absolute Gasteiger partial charge is 0.00973 e. The van der Waals surface area contributed by atoms with Gasteiger partial charge in [0.1, 0.15) is 0 Å². The summed E-state index contributed by atoms with van der Waals surface area (Å²) in [6.45, 7) is 2.17. The maximum absolute atomic E-state index is 4.00. The number of rotatable bonds is 5. The van der Waals surface area contributed by atoms with Crippen molar-refractivity contribution in [3.8, 4) is 12.8 Å². The van der Waals surface area contributed by atoms with Gasteiger partial charge in [0.15, 0.2) is 0 Å². The fraction of sp³-hybridized carbons (Fsp3) is 0.143. The number of terminal acetylenes is 1. The fourth-order valence-corrected chi connectivity index (χ4v) is 1.99. The minimum Gasteiger partial charge on any atom is -0.124 e. The van der Waals surface area contributed by atoms with Crippen LogP contribution in [0.25, 0.3) is 5.57 Å². The van der Waals surface area contributed by atoms with Crippen LogP contribution < -0.4 is 0 Å². The van der Waals surface area contributed by atoms with Crippen LogP contribution in [0.4, 0.5) is 0 Å². The lowest BCUT2D eigenvalue weighted by atomic mass is 10.1. The van der Waals surface area contributed by atoms with Crippen LogP contribution in [0.1, 0.15) is 24.5 Å². The van der Waals surface area contributed by atoms with E-state index in [1.807, 2.05) is 0 Å². The fourth-order valence-electron chi connectivity index (χ4n) is 1.99. The monoisotopic (exact) mass is 274 g/mol. The average molecular weight is 274 g/mol. The minimum atomic E-state index is 0.994. The summed E-state index contributed by atoms with van der Waals surface area (Å²) in [5.74, 6) is 0. The number of hydrogen-bond donors (Lipinski definition) is 0. The Labute approximate surface area is 128 Å². The van der Waals surface area contributed by atoms with E-state index >= 15 is 0 Å². The number of hydrogen-bond acceptors (Lipinski definition) is 0. The molecule has 0 aliphatic heterocycles. The van der Waals surface area contributed by atoms with Gasteiger partial charge in [-0.05, 0) is 36.5 Å². The molecule has 0 saturated carbocycles. The van der Waals surface area contributed by atoms with Crippen molar-refractivity contribution in [3.05, 3.63) is 90.0 Å². The Morgan fingerprint density at radius 3 is 2.05 bits per heavy atom. The van der Waals surface area contributed by atoms with Crippen molar-refractivity contribution >= 4 is 5.57 Å². The average Bonchev–Trinajstić information content (AvgIpc) is 2.58. The second-order valence-electron chi connectivity index (χ2n) is 4.65. The quantitative estimate of drug-likeness (QED) is 0.497. The van der Waals surface area contributed by atoms with Crippen molar-refractivity contribution in [1.82, 2.24) is 0 Å². The predicted molar refractivity (Wildman–Crippen MR) is 93.9 cm³/mol. The minimum absolute atomic E-state index is 0.994. The molecule has 0 radical (unpaired) electrons. The van der Waals surface area contributed by atoms with Gasteiger partial charge in [-0.25, -0.2) is 0 Å². The highest BCUT2D eigenvalue weighted by atomic mass is 14.0. The van der Waals surface area contributed by atoms with Crippen molar-refractivity contribution in [1.29, 1.82) is 0 Å². The van der Waals surface area contributed by atoms with Gasteiger partial charge in [0, 0.05) is 0 Å². The molecule has 0 N–H and O–H groups in total. The first-order valence-corrected chi connectivity index (χ1v) is 7.11. The Morgan fingerprint density at radius 2 is 1.43 bits per heavy atom. The van der Waals surface area contributed by atoms with Crippen LogP contribution in [0.2, 0.25) is 0 Å². The van der Waals surface area contributed by atoms with E-state index in [-0.39, 0.29) is 0 Å². The van der Waals surface area contributed by atoms with Gasteiger partial charge >= 0.3 is 0 Å². The van der Waals surface area contributed by atoms with E-state index in [2.05, 4.69) is 98.7 Å². The molecule has 0 nitrogen and oxygen atoms in total. The summed E-state index contributed by atoms with van der Waals surface area (Å²) in [6, 6.07) is 21.1. The summed E-state index contributed by atoms with van der Waals surface area (Å²) in [5, 5.41) is 0. The third kappa shape index (κ3) is 6.45. The summed E-state index contributed by atoms with van der Waals surface area (Å²) in [7, 11) is 0. The van der Waals surface area contributed by atoms with Crippen LogP contribution >= 0.6 is 0 Å². The first-order valence-electron chi connectivity index (χ1n) is 7.11. The molecule has 0 aromatic heterocycles. The Hall–Kier alpha value is -2.52. The number of benzene rings is 2. The van der Waals surface area contributed by atoms with Crippen molar-refractivity contribution in [2.24, 2.45) is 0 Å². The molecular weight excluding hydrogens is 252 g/mol. The zero-order valence-electron chi connectivity index (χ0n) is 12.6. The number of allylic oxidation sites excluding steroid dienone is 4. The zero-order valence-corrected chi connectivity index (χ0v) is 12.6. The lowest BCUT2D eigenvalue weighted by molar-refractivity contribution is 1.24. The SMILES string of the molecule is C#C.C/C(=C\C/C=C\Cc1ccccc1)c1ccccc1. The van der Waals surface area contributed by atoms with Crippen LogP contribution in [-0.4, -0.2) is 0 Å². The van der Waals surface area contributed by atoms with Crippen molar-refractivity contribution in [2.75, 3.05) is 0 Å². The summed E-state index contributed by atoms with van der Waals surface area (Å²) in [5.41, 5.74) is 4.01. The summed E-state index contributed by atoms with van der Waals surface area (Å²) in [6.07, 6.45) is 16.8. The second kappa shape index (κ2) is 10.3. The molecule has 0 bridgehead atoms. The van der Waals surface area contributed by atoms with Gasteiger partial charge in [0.05, 0.1) is 0 Å². The lowest BCUT2D eigenvalue weighted by Crippen LogP contribution is -1.79. The third-order valence-electron chi connectivity index (χ3n) is 3.15. The van der Waals surface area contributed by atoms with Gasteiger partial charge in [-0.15, -0.1) is 12.8 Å². The molecule has 0 spiro atoms. The van der Waals surface area contributed by atoms with Gasteiger partial charge in [0.25, 0.3) is 0 Å². The van der Waals surface area contributed by atoms with Crippen LogP contribution in [0.5, 0.6) is 0 Å². The molecule has 0 fully saturated rings. The second-order valence-corrected chi connectivity index (χ2v) is 4.65. The summed E-state index contributed by atoms with van der Waals surface area (Å²) >= 11 is 0. The molecule has 0 aliphatic rings. The maximum atomic E-state index is 4.00. The Kier molecular flexibility index (Phi) is 8.10. The van der Waals surface area contributed by atoms with Crippen molar-refractivity contribution < 1.29 is 0 Å². The predicted octanol–water partition coefficient (Wildman–Crippen LogP) is 5.53. The van der Waals surface area contributed by atoms with E-state index in [0.29, 0.717) is 0 Å². The Balaban J connectivity index is 0.00000106. The molecular formula is C21H22. The van der Waals surface area contributed by atoms with E-state index in [1.54, 1.807) is 0 Å². The van der Waals surface area contributed by atoms with E-state index in [4.69, 9.17) is 0 Å². The van der Waals surface area contributed by atoms with E-state index in [9.17, 15) is 0 Å². The van der Waals surface area contributed by atoms with Crippen molar-refractivity contribution in [3.63, 3.8) is 0 Å². The molecule has 2 aromatic carbocycles. The molecule has 0 amide bonds. The zero-order chi connectivity index (χ0) is 15.3.